The van der Waals surface area contributed by atoms with Gasteiger partial charge in [-0.25, -0.2) is 0 Å². The van der Waals surface area contributed by atoms with Crippen molar-refractivity contribution < 1.29 is 0 Å². The lowest BCUT2D eigenvalue weighted by Crippen LogP contribution is -2.48. The van der Waals surface area contributed by atoms with Crippen molar-refractivity contribution in [2.24, 2.45) is 5.41 Å². The first-order chi connectivity index (χ1) is 9.88. The molecule has 2 heteroatoms. The van der Waals surface area contributed by atoms with Gasteiger partial charge in [-0.15, -0.1) is 0 Å². The molecule has 0 aliphatic carbocycles. The highest BCUT2D eigenvalue weighted by Gasteiger charge is 2.17. The monoisotopic (exact) mass is 296 g/mol. The Hall–Kier alpha value is -0.0800. The standard InChI is InChI=1S/C19H40N2/c1-18(2)21-16-14-20(15-17-21)13-11-9-7-6-8-10-12-19(3,4)5/h18H,6-17H2,1-5H3. The number of unbranched alkanes of at least 4 members (excludes halogenated alkanes) is 5. The molecule has 0 aromatic carbocycles. The summed E-state index contributed by atoms with van der Waals surface area (Å²) in [6.07, 6.45) is 9.95. The van der Waals surface area contributed by atoms with Gasteiger partial charge >= 0.3 is 0 Å². The minimum Gasteiger partial charge on any atom is -0.301 e. The van der Waals surface area contributed by atoms with Gasteiger partial charge in [0.25, 0.3) is 0 Å². The van der Waals surface area contributed by atoms with Crippen LogP contribution in [-0.2, 0) is 0 Å². The lowest BCUT2D eigenvalue weighted by Gasteiger charge is -2.36. The fourth-order valence-corrected chi connectivity index (χ4v) is 3.20. The lowest BCUT2D eigenvalue weighted by molar-refractivity contribution is 0.107. The van der Waals surface area contributed by atoms with E-state index in [2.05, 4.69) is 44.4 Å². The Kier molecular flexibility index (Phi) is 8.89. The predicted octanol–water partition coefficient (Wildman–Crippen LogP) is 4.79. The molecule has 1 aliphatic heterocycles. The zero-order chi connectivity index (χ0) is 15.7. The Morgan fingerprint density at radius 1 is 0.762 bits per heavy atom. The van der Waals surface area contributed by atoms with Crippen LogP contribution in [-0.4, -0.2) is 48.6 Å². The van der Waals surface area contributed by atoms with E-state index >= 15 is 0 Å². The topological polar surface area (TPSA) is 6.48 Å². The van der Waals surface area contributed by atoms with Crippen molar-refractivity contribution in [3.8, 4) is 0 Å². The van der Waals surface area contributed by atoms with Crippen LogP contribution in [0.3, 0.4) is 0 Å². The largest absolute Gasteiger partial charge is 0.301 e. The molecule has 2 nitrogen and oxygen atoms in total. The fourth-order valence-electron chi connectivity index (χ4n) is 3.20. The van der Waals surface area contributed by atoms with Crippen LogP contribution in [0.25, 0.3) is 0 Å². The maximum atomic E-state index is 2.67. The second-order valence-corrected chi connectivity index (χ2v) is 8.40. The molecule has 0 atom stereocenters. The van der Waals surface area contributed by atoms with Crippen molar-refractivity contribution in [1.82, 2.24) is 9.80 Å². The Balaban J connectivity index is 1.89. The van der Waals surface area contributed by atoms with Crippen LogP contribution in [0.5, 0.6) is 0 Å². The van der Waals surface area contributed by atoms with Crippen LogP contribution in [0.15, 0.2) is 0 Å². The molecular weight excluding hydrogens is 256 g/mol. The number of piperazine rings is 1. The van der Waals surface area contributed by atoms with Crippen LogP contribution in [0.4, 0.5) is 0 Å². The molecule has 0 saturated carbocycles. The summed E-state index contributed by atoms with van der Waals surface area (Å²) in [5.41, 5.74) is 0.526. The molecular formula is C19H40N2. The van der Waals surface area contributed by atoms with E-state index in [9.17, 15) is 0 Å². The average Bonchev–Trinajstić information content (AvgIpc) is 2.41. The van der Waals surface area contributed by atoms with Crippen molar-refractivity contribution >= 4 is 0 Å². The summed E-state index contributed by atoms with van der Waals surface area (Å²) >= 11 is 0. The number of hydrogen-bond donors (Lipinski definition) is 0. The van der Waals surface area contributed by atoms with E-state index in [1.54, 1.807) is 0 Å². The molecule has 1 saturated heterocycles. The first-order valence-electron chi connectivity index (χ1n) is 9.35. The van der Waals surface area contributed by atoms with Gasteiger partial charge in [0, 0.05) is 32.2 Å². The molecule has 21 heavy (non-hydrogen) atoms. The van der Waals surface area contributed by atoms with Crippen molar-refractivity contribution in [2.45, 2.75) is 85.6 Å². The summed E-state index contributed by atoms with van der Waals surface area (Å²) in [5, 5.41) is 0. The van der Waals surface area contributed by atoms with Gasteiger partial charge in [0.2, 0.25) is 0 Å². The molecule has 1 heterocycles. The van der Waals surface area contributed by atoms with E-state index in [1.807, 2.05) is 0 Å². The minimum atomic E-state index is 0.526. The SMILES string of the molecule is CC(C)N1CCN(CCCCCCCCC(C)(C)C)CC1. The molecule has 0 aromatic rings. The van der Waals surface area contributed by atoms with E-state index in [-0.39, 0.29) is 0 Å². The van der Waals surface area contributed by atoms with Crippen LogP contribution in [0.2, 0.25) is 0 Å². The van der Waals surface area contributed by atoms with Gasteiger partial charge in [0.1, 0.15) is 0 Å². The maximum absolute atomic E-state index is 2.67. The Bertz CT molecular complexity index is 247. The summed E-state index contributed by atoms with van der Waals surface area (Å²) in [7, 11) is 0. The van der Waals surface area contributed by atoms with Gasteiger partial charge in [-0.2, -0.15) is 0 Å². The van der Waals surface area contributed by atoms with Gasteiger partial charge in [0.15, 0.2) is 0 Å². The van der Waals surface area contributed by atoms with Crippen LogP contribution >= 0.6 is 0 Å². The number of rotatable bonds is 9. The zero-order valence-corrected chi connectivity index (χ0v) is 15.5. The smallest absolute Gasteiger partial charge is 0.0113 e. The molecule has 0 unspecified atom stereocenters. The summed E-state index contributed by atoms with van der Waals surface area (Å²) < 4.78 is 0. The van der Waals surface area contributed by atoms with E-state index in [1.165, 1.54) is 77.7 Å². The molecule has 0 spiro atoms. The quantitative estimate of drug-likeness (QED) is 0.564. The first kappa shape index (κ1) is 19.0. The highest BCUT2D eigenvalue weighted by atomic mass is 15.3. The number of hydrogen-bond acceptors (Lipinski definition) is 2. The third-order valence-electron chi connectivity index (χ3n) is 4.79. The van der Waals surface area contributed by atoms with E-state index in [0.717, 1.165) is 6.04 Å². The van der Waals surface area contributed by atoms with Gasteiger partial charge in [-0.1, -0.05) is 52.9 Å². The Morgan fingerprint density at radius 3 is 1.81 bits per heavy atom. The Morgan fingerprint density at radius 2 is 1.29 bits per heavy atom. The molecule has 0 amide bonds. The van der Waals surface area contributed by atoms with E-state index < -0.39 is 0 Å². The van der Waals surface area contributed by atoms with Crippen LogP contribution in [0.1, 0.15) is 79.6 Å². The molecule has 1 aliphatic rings. The second kappa shape index (κ2) is 9.84. The van der Waals surface area contributed by atoms with Crippen molar-refractivity contribution in [3.63, 3.8) is 0 Å². The average molecular weight is 297 g/mol. The zero-order valence-electron chi connectivity index (χ0n) is 15.5. The number of nitrogens with zero attached hydrogens (tertiary/aromatic N) is 2. The second-order valence-electron chi connectivity index (χ2n) is 8.40. The van der Waals surface area contributed by atoms with Gasteiger partial charge < -0.3 is 4.90 Å². The summed E-state index contributed by atoms with van der Waals surface area (Å²) in [6.45, 7) is 18.1. The van der Waals surface area contributed by atoms with Gasteiger partial charge in [-0.3, -0.25) is 4.90 Å². The van der Waals surface area contributed by atoms with Crippen molar-refractivity contribution in [2.75, 3.05) is 32.7 Å². The Labute approximate surface area is 134 Å². The molecule has 126 valence electrons. The first-order valence-corrected chi connectivity index (χ1v) is 9.35. The summed E-state index contributed by atoms with van der Waals surface area (Å²) in [6, 6.07) is 0.722. The van der Waals surface area contributed by atoms with Crippen LogP contribution in [0, 0.1) is 5.41 Å². The maximum Gasteiger partial charge on any atom is 0.0113 e. The van der Waals surface area contributed by atoms with Gasteiger partial charge in [0.05, 0.1) is 0 Å². The highest BCUT2D eigenvalue weighted by Crippen LogP contribution is 2.22. The molecule has 1 rings (SSSR count). The predicted molar refractivity (Wildman–Crippen MR) is 94.9 cm³/mol. The van der Waals surface area contributed by atoms with Crippen molar-refractivity contribution in [1.29, 1.82) is 0 Å². The molecule has 0 N–H and O–H groups in total. The van der Waals surface area contributed by atoms with Gasteiger partial charge in [-0.05, 0) is 38.6 Å². The van der Waals surface area contributed by atoms with E-state index in [0.29, 0.717) is 5.41 Å². The summed E-state index contributed by atoms with van der Waals surface area (Å²) in [5.74, 6) is 0. The third kappa shape index (κ3) is 9.52. The normalized spacial score (nSPS) is 18.6. The van der Waals surface area contributed by atoms with Crippen molar-refractivity contribution in [3.05, 3.63) is 0 Å². The highest BCUT2D eigenvalue weighted by molar-refractivity contribution is 4.74. The fraction of sp³-hybridized carbons (Fsp3) is 1.00. The lowest BCUT2D eigenvalue weighted by atomic mass is 9.89. The van der Waals surface area contributed by atoms with Crippen LogP contribution < -0.4 is 0 Å². The molecule has 0 aromatic heterocycles. The third-order valence-corrected chi connectivity index (χ3v) is 4.79. The van der Waals surface area contributed by atoms with E-state index in [4.69, 9.17) is 0 Å². The molecule has 0 radical (unpaired) electrons. The summed E-state index contributed by atoms with van der Waals surface area (Å²) in [4.78, 5) is 5.27. The minimum absolute atomic E-state index is 0.526. The molecule has 0 bridgehead atoms. The molecule has 1 fully saturated rings.